The maximum Gasteiger partial charge on any atom is 0.223 e. The molecular formula is C14H24N2O. The summed E-state index contributed by atoms with van der Waals surface area (Å²) in [6, 6.07) is 0.399. The minimum absolute atomic E-state index is 0.326. The van der Waals surface area contributed by atoms with Gasteiger partial charge in [0.1, 0.15) is 0 Å². The molecule has 1 amide bonds. The lowest BCUT2D eigenvalue weighted by Crippen LogP contribution is -2.47. The normalized spacial score (nSPS) is 33.1. The number of hydrogen-bond acceptors (Lipinski definition) is 2. The third-order valence-corrected chi connectivity index (χ3v) is 4.18. The molecule has 3 unspecified atom stereocenters. The smallest absolute Gasteiger partial charge is 0.223 e. The molecule has 0 bridgehead atoms. The molecule has 1 aliphatic heterocycles. The van der Waals surface area contributed by atoms with E-state index in [4.69, 9.17) is 5.73 Å². The lowest BCUT2D eigenvalue weighted by Gasteiger charge is -2.38. The predicted octanol–water partition coefficient (Wildman–Crippen LogP) is 1.93. The Balaban J connectivity index is 1.89. The van der Waals surface area contributed by atoms with E-state index in [2.05, 4.69) is 24.0 Å². The Morgan fingerprint density at radius 2 is 2.24 bits per heavy atom. The van der Waals surface area contributed by atoms with Gasteiger partial charge < -0.3 is 10.6 Å². The topological polar surface area (TPSA) is 46.3 Å². The Morgan fingerprint density at radius 1 is 1.41 bits per heavy atom. The summed E-state index contributed by atoms with van der Waals surface area (Å²) >= 11 is 0. The number of carbonyl (C=O) groups is 1. The molecule has 2 aliphatic rings. The molecule has 17 heavy (non-hydrogen) atoms. The number of nitrogens with zero attached hydrogens (tertiary/aromatic N) is 1. The zero-order chi connectivity index (χ0) is 12.3. The summed E-state index contributed by atoms with van der Waals surface area (Å²) < 4.78 is 0. The molecule has 96 valence electrons. The molecule has 0 spiro atoms. The summed E-state index contributed by atoms with van der Waals surface area (Å²) in [6.07, 6.45) is 9.65. The fraction of sp³-hybridized carbons (Fsp3) is 0.786. The zero-order valence-corrected chi connectivity index (χ0v) is 10.8. The number of carbonyl (C=O) groups excluding carboxylic acids is 1. The highest BCUT2D eigenvalue weighted by molar-refractivity contribution is 5.77. The summed E-state index contributed by atoms with van der Waals surface area (Å²) in [5.74, 6) is 1.31. The summed E-state index contributed by atoms with van der Waals surface area (Å²) in [5, 5.41) is 0. The van der Waals surface area contributed by atoms with Gasteiger partial charge in [0.05, 0.1) is 0 Å². The van der Waals surface area contributed by atoms with Crippen molar-refractivity contribution in [1.82, 2.24) is 4.90 Å². The first-order chi connectivity index (χ1) is 8.20. The highest BCUT2D eigenvalue weighted by atomic mass is 16.2. The SMILES string of the molecule is CC1CCC(CN)CN1C(=O)CC1C=CCC1. The van der Waals surface area contributed by atoms with E-state index in [0.29, 0.717) is 36.8 Å². The van der Waals surface area contributed by atoms with Crippen molar-refractivity contribution in [3.63, 3.8) is 0 Å². The highest BCUT2D eigenvalue weighted by Crippen LogP contribution is 2.25. The van der Waals surface area contributed by atoms with Crippen molar-refractivity contribution in [1.29, 1.82) is 0 Å². The molecule has 0 aromatic carbocycles. The minimum Gasteiger partial charge on any atom is -0.340 e. The second-order valence-corrected chi connectivity index (χ2v) is 5.54. The fourth-order valence-electron chi connectivity index (χ4n) is 2.93. The van der Waals surface area contributed by atoms with Gasteiger partial charge in [-0.05, 0) is 51.0 Å². The van der Waals surface area contributed by atoms with Gasteiger partial charge in [-0.25, -0.2) is 0 Å². The van der Waals surface area contributed by atoms with Crippen molar-refractivity contribution >= 4 is 5.91 Å². The number of likely N-dealkylation sites (tertiary alicyclic amines) is 1. The molecule has 1 fully saturated rings. The molecule has 1 heterocycles. The van der Waals surface area contributed by atoms with Crippen LogP contribution in [-0.2, 0) is 4.79 Å². The fourth-order valence-corrected chi connectivity index (χ4v) is 2.93. The standard InChI is InChI=1S/C14H24N2O/c1-11-6-7-13(9-15)10-16(11)14(17)8-12-4-2-3-5-12/h2,4,11-13H,3,5-10,15H2,1H3. The summed E-state index contributed by atoms with van der Waals surface area (Å²) in [5.41, 5.74) is 5.73. The first kappa shape index (κ1) is 12.6. The van der Waals surface area contributed by atoms with Crippen molar-refractivity contribution in [2.45, 2.75) is 45.1 Å². The molecule has 2 rings (SSSR count). The van der Waals surface area contributed by atoms with Crippen molar-refractivity contribution in [2.24, 2.45) is 17.6 Å². The second-order valence-electron chi connectivity index (χ2n) is 5.54. The number of hydrogen-bond donors (Lipinski definition) is 1. The lowest BCUT2D eigenvalue weighted by atomic mass is 9.92. The van der Waals surface area contributed by atoms with Crippen LogP contribution >= 0.6 is 0 Å². The van der Waals surface area contributed by atoms with Crippen molar-refractivity contribution in [2.75, 3.05) is 13.1 Å². The Kier molecular flexibility index (Phi) is 4.21. The number of amides is 1. The van der Waals surface area contributed by atoms with Crippen molar-refractivity contribution in [3.8, 4) is 0 Å². The van der Waals surface area contributed by atoms with Crippen molar-refractivity contribution < 1.29 is 4.79 Å². The van der Waals surface area contributed by atoms with Crippen LogP contribution in [-0.4, -0.2) is 29.9 Å². The van der Waals surface area contributed by atoms with Gasteiger partial charge in [-0.1, -0.05) is 12.2 Å². The summed E-state index contributed by atoms with van der Waals surface area (Å²) in [4.78, 5) is 14.3. The van der Waals surface area contributed by atoms with E-state index >= 15 is 0 Å². The molecule has 3 nitrogen and oxygen atoms in total. The van der Waals surface area contributed by atoms with Gasteiger partial charge in [-0.3, -0.25) is 4.79 Å². The van der Waals surface area contributed by atoms with Crippen LogP contribution in [0.25, 0.3) is 0 Å². The van der Waals surface area contributed by atoms with Crippen LogP contribution in [0.15, 0.2) is 12.2 Å². The van der Waals surface area contributed by atoms with E-state index in [1.165, 1.54) is 6.42 Å². The second kappa shape index (κ2) is 5.67. The summed E-state index contributed by atoms with van der Waals surface area (Å²) in [6.45, 7) is 3.74. The van der Waals surface area contributed by atoms with E-state index in [1.807, 2.05) is 0 Å². The predicted molar refractivity (Wildman–Crippen MR) is 69.4 cm³/mol. The van der Waals surface area contributed by atoms with Gasteiger partial charge in [0.25, 0.3) is 0 Å². The first-order valence-electron chi connectivity index (χ1n) is 6.87. The maximum absolute atomic E-state index is 12.3. The minimum atomic E-state index is 0.326. The van der Waals surface area contributed by atoms with Crippen LogP contribution in [0.1, 0.15) is 39.0 Å². The molecule has 1 saturated heterocycles. The van der Waals surface area contributed by atoms with Gasteiger partial charge in [0.15, 0.2) is 0 Å². The first-order valence-corrected chi connectivity index (χ1v) is 6.87. The number of piperidine rings is 1. The molecule has 1 aliphatic carbocycles. The maximum atomic E-state index is 12.3. The molecule has 0 aromatic rings. The number of rotatable bonds is 3. The number of nitrogens with two attached hydrogens (primary N) is 1. The average molecular weight is 236 g/mol. The Bertz CT molecular complexity index is 301. The monoisotopic (exact) mass is 236 g/mol. The molecular weight excluding hydrogens is 212 g/mol. The van der Waals surface area contributed by atoms with Gasteiger partial charge in [0, 0.05) is 19.0 Å². The van der Waals surface area contributed by atoms with Crippen LogP contribution < -0.4 is 5.73 Å². The van der Waals surface area contributed by atoms with Crippen LogP contribution in [0.5, 0.6) is 0 Å². The highest BCUT2D eigenvalue weighted by Gasteiger charge is 2.29. The van der Waals surface area contributed by atoms with E-state index in [-0.39, 0.29) is 0 Å². The van der Waals surface area contributed by atoms with Crippen LogP contribution in [0.4, 0.5) is 0 Å². The third kappa shape index (κ3) is 3.09. The van der Waals surface area contributed by atoms with E-state index in [9.17, 15) is 4.79 Å². The Hall–Kier alpha value is -0.830. The van der Waals surface area contributed by atoms with E-state index in [0.717, 1.165) is 25.8 Å². The van der Waals surface area contributed by atoms with Crippen LogP contribution in [0.3, 0.4) is 0 Å². The zero-order valence-electron chi connectivity index (χ0n) is 10.8. The third-order valence-electron chi connectivity index (χ3n) is 4.18. The molecule has 0 radical (unpaired) electrons. The lowest BCUT2D eigenvalue weighted by molar-refractivity contribution is -0.136. The van der Waals surface area contributed by atoms with Crippen LogP contribution in [0, 0.1) is 11.8 Å². The largest absolute Gasteiger partial charge is 0.340 e. The van der Waals surface area contributed by atoms with E-state index < -0.39 is 0 Å². The van der Waals surface area contributed by atoms with E-state index in [1.54, 1.807) is 0 Å². The molecule has 0 saturated carbocycles. The van der Waals surface area contributed by atoms with Gasteiger partial charge in [-0.15, -0.1) is 0 Å². The molecule has 3 heteroatoms. The van der Waals surface area contributed by atoms with Crippen molar-refractivity contribution in [3.05, 3.63) is 12.2 Å². The average Bonchev–Trinajstić information content (AvgIpc) is 2.82. The Morgan fingerprint density at radius 3 is 2.88 bits per heavy atom. The quantitative estimate of drug-likeness (QED) is 0.761. The van der Waals surface area contributed by atoms with Gasteiger partial charge in [0.2, 0.25) is 5.91 Å². The Labute approximate surface area is 104 Å². The molecule has 0 aromatic heterocycles. The summed E-state index contributed by atoms with van der Waals surface area (Å²) in [7, 11) is 0. The van der Waals surface area contributed by atoms with Gasteiger partial charge >= 0.3 is 0 Å². The molecule has 2 N–H and O–H groups in total. The van der Waals surface area contributed by atoms with Gasteiger partial charge in [-0.2, -0.15) is 0 Å². The number of allylic oxidation sites excluding steroid dienone is 2. The van der Waals surface area contributed by atoms with Crippen LogP contribution in [0.2, 0.25) is 0 Å². The molecule has 3 atom stereocenters.